The van der Waals surface area contributed by atoms with Crippen molar-refractivity contribution in [2.75, 3.05) is 19.0 Å². The van der Waals surface area contributed by atoms with Crippen molar-refractivity contribution in [2.24, 2.45) is 0 Å². The molecule has 1 fully saturated rings. The second-order valence-electron chi connectivity index (χ2n) is 6.93. The maximum absolute atomic E-state index is 12.8. The van der Waals surface area contributed by atoms with Crippen LogP contribution in [0.25, 0.3) is 0 Å². The first-order valence-corrected chi connectivity index (χ1v) is 10.6. The molecule has 0 saturated carbocycles. The maximum atomic E-state index is 12.8. The van der Waals surface area contributed by atoms with Crippen molar-refractivity contribution in [3.8, 4) is 11.5 Å². The van der Waals surface area contributed by atoms with Crippen molar-refractivity contribution in [1.82, 2.24) is 15.2 Å². The lowest BCUT2D eigenvalue weighted by Crippen LogP contribution is -2.30. The van der Waals surface area contributed by atoms with Crippen LogP contribution in [-0.4, -0.2) is 41.4 Å². The highest BCUT2D eigenvalue weighted by Crippen LogP contribution is 2.29. The Labute approximate surface area is 188 Å². The number of rotatable bonds is 8. The highest BCUT2D eigenvalue weighted by molar-refractivity contribution is 7.07. The van der Waals surface area contributed by atoms with Gasteiger partial charge in [0, 0.05) is 16.6 Å². The Morgan fingerprint density at radius 3 is 2.81 bits per heavy atom. The van der Waals surface area contributed by atoms with Gasteiger partial charge in [0.1, 0.15) is 6.61 Å². The molecular formula is C22H20N4O5S. The molecule has 2 heterocycles. The molecule has 10 heteroatoms. The van der Waals surface area contributed by atoms with E-state index in [1.54, 1.807) is 48.0 Å². The Morgan fingerprint density at radius 2 is 2.09 bits per heavy atom. The summed E-state index contributed by atoms with van der Waals surface area (Å²) in [6, 6.07) is 11.5. The number of ether oxygens (including phenoxy) is 2. The molecule has 0 bridgehead atoms. The monoisotopic (exact) mass is 452 g/mol. The number of amides is 4. The van der Waals surface area contributed by atoms with E-state index in [0.717, 1.165) is 16.2 Å². The van der Waals surface area contributed by atoms with Crippen LogP contribution >= 0.6 is 11.3 Å². The Bertz CT molecular complexity index is 1130. The fourth-order valence-electron chi connectivity index (χ4n) is 3.14. The number of hydrogen-bond acceptors (Lipinski definition) is 7. The zero-order chi connectivity index (χ0) is 22.5. The number of benzene rings is 2. The molecule has 164 valence electrons. The third-order valence-electron chi connectivity index (χ3n) is 4.75. The summed E-state index contributed by atoms with van der Waals surface area (Å²) < 4.78 is 11.1. The maximum Gasteiger partial charge on any atom is 0.324 e. The van der Waals surface area contributed by atoms with E-state index in [9.17, 15) is 14.4 Å². The first-order chi connectivity index (χ1) is 15.5. The lowest BCUT2D eigenvalue weighted by atomic mass is 10.1. The highest BCUT2D eigenvalue weighted by Gasteiger charge is 2.28. The van der Waals surface area contributed by atoms with E-state index in [4.69, 9.17) is 9.47 Å². The molecule has 0 radical (unpaired) electrons. The van der Waals surface area contributed by atoms with Crippen molar-refractivity contribution >= 4 is 34.9 Å². The van der Waals surface area contributed by atoms with Gasteiger partial charge >= 0.3 is 6.03 Å². The molecule has 32 heavy (non-hydrogen) atoms. The van der Waals surface area contributed by atoms with Crippen molar-refractivity contribution in [2.45, 2.75) is 13.2 Å². The van der Waals surface area contributed by atoms with Crippen molar-refractivity contribution in [3.05, 3.63) is 70.2 Å². The first kappa shape index (κ1) is 21.3. The summed E-state index contributed by atoms with van der Waals surface area (Å²) in [7, 11) is 1.51. The molecule has 0 aliphatic carbocycles. The fourth-order valence-corrected chi connectivity index (χ4v) is 3.68. The quantitative estimate of drug-likeness (QED) is 0.509. The lowest BCUT2D eigenvalue weighted by Gasteiger charge is -2.14. The molecule has 4 amide bonds. The Kier molecular flexibility index (Phi) is 6.31. The van der Waals surface area contributed by atoms with Crippen LogP contribution in [-0.2, 0) is 17.9 Å². The summed E-state index contributed by atoms with van der Waals surface area (Å²) >= 11 is 1.49. The number of nitrogens with zero attached hydrogens (tertiary/aromatic N) is 2. The van der Waals surface area contributed by atoms with Gasteiger partial charge < -0.3 is 20.1 Å². The second kappa shape index (κ2) is 9.48. The molecule has 3 aromatic rings. The number of aromatic nitrogens is 1. The molecule has 2 N–H and O–H groups in total. The average Bonchev–Trinajstić information content (AvgIpc) is 3.43. The van der Waals surface area contributed by atoms with Gasteiger partial charge in [0.25, 0.3) is 5.91 Å². The van der Waals surface area contributed by atoms with Gasteiger partial charge in [-0.15, -0.1) is 11.3 Å². The number of anilines is 1. The fraction of sp³-hybridized carbons (Fsp3) is 0.182. The standard InChI is InChI=1S/C22H20N4O5S/c1-30-19-8-15(5-6-18(19)31-11-17-12-32-13-24-17)21(28)25-16-4-2-3-14(7-16)10-26-20(27)9-23-22(26)29/h2-8,12-13H,9-11H2,1H3,(H,23,29)(H,25,28). The zero-order valence-electron chi connectivity index (χ0n) is 17.2. The molecular weight excluding hydrogens is 432 g/mol. The van der Waals surface area contributed by atoms with Gasteiger partial charge in [-0.1, -0.05) is 12.1 Å². The minimum absolute atomic E-state index is 0.000573. The number of carbonyl (C=O) groups excluding carboxylic acids is 3. The van der Waals surface area contributed by atoms with E-state index in [0.29, 0.717) is 29.4 Å². The average molecular weight is 452 g/mol. The summed E-state index contributed by atoms with van der Waals surface area (Å²) in [6.45, 7) is 0.434. The van der Waals surface area contributed by atoms with E-state index in [1.807, 2.05) is 5.38 Å². The van der Waals surface area contributed by atoms with Gasteiger partial charge in [0.2, 0.25) is 5.91 Å². The largest absolute Gasteiger partial charge is 0.493 e. The SMILES string of the molecule is COc1cc(C(=O)Nc2cccc(CN3C(=O)CNC3=O)c2)ccc1OCc1cscn1. The number of imide groups is 1. The highest BCUT2D eigenvalue weighted by atomic mass is 32.1. The normalized spacial score (nSPS) is 13.1. The Hall–Kier alpha value is -3.92. The molecule has 1 aromatic heterocycles. The van der Waals surface area contributed by atoms with Crippen molar-refractivity contribution in [1.29, 1.82) is 0 Å². The van der Waals surface area contributed by atoms with Gasteiger partial charge in [-0.3, -0.25) is 14.5 Å². The number of thiazole rings is 1. The van der Waals surface area contributed by atoms with Crippen LogP contribution in [0.3, 0.4) is 0 Å². The molecule has 0 atom stereocenters. The number of hydrogen-bond donors (Lipinski definition) is 2. The number of nitrogens with one attached hydrogen (secondary N) is 2. The van der Waals surface area contributed by atoms with Crippen LogP contribution in [0, 0.1) is 0 Å². The van der Waals surface area contributed by atoms with E-state index >= 15 is 0 Å². The van der Waals surface area contributed by atoms with Gasteiger partial charge in [-0.2, -0.15) is 0 Å². The molecule has 1 aliphatic rings. The summed E-state index contributed by atoms with van der Waals surface area (Å²) in [5.74, 6) is 0.322. The van der Waals surface area contributed by atoms with Crippen LogP contribution in [0.15, 0.2) is 53.4 Å². The third kappa shape index (κ3) is 4.86. The van der Waals surface area contributed by atoms with Crippen LogP contribution in [0.4, 0.5) is 10.5 Å². The minimum Gasteiger partial charge on any atom is -0.493 e. The van der Waals surface area contributed by atoms with Gasteiger partial charge in [-0.25, -0.2) is 9.78 Å². The van der Waals surface area contributed by atoms with Crippen LogP contribution < -0.4 is 20.1 Å². The van der Waals surface area contributed by atoms with E-state index < -0.39 is 6.03 Å². The van der Waals surface area contributed by atoms with E-state index in [-0.39, 0.29) is 24.9 Å². The first-order valence-electron chi connectivity index (χ1n) is 9.70. The smallest absolute Gasteiger partial charge is 0.324 e. The predicted molar refractivity (Wildman–Crippen MR) is 118 cm³/mol. The van der Waals surface area contributed by atoms with Gasteiger partial charge in [-0.05, 0) is 35.9 Å². The molecule has 4 rings (SSSR count). The summed E-state index contributed by atoms with van der Waals surface area (Å²) in [6.07, 6.45) is 0. The summed E-state index contributed by atoms with van der Waals surface area (Å²) in [5, 5.41) is 7.20. The Morgan fingerprint density at radius 1 is 1.22 bits per heavy atom. The third-order valence-corrected chi connectivity index (χ3v) is 5.38. The molecule has 0 spiro atoms. The second-order valence-corrected chi connectivity index (χ2v) is 7.65. The number of urea groups is 1. The van der Waals surface area contributed by atoms with Crippen LogP contribution in [0.5, 0.6) is 11.5 Å². The molecule has 2 aromatic carbocycles. The summed E-state index contributed by atoms with van der Waals surface area (Å²) in [4.78, 5) is 41.6. The lowest BCUT2D eigenvalue weighted by molar-refractivity contribution is -0.125. The van der Waals surface area contributed by atoms with Crippen molar-refractivity contribution in [3.63, 3.8) is 0 Å². The van der Waals surface area contributed by atoms with Crippen molar-refractivity contribution < 1.29 is 23.9 Å². The number of carbonyl (C=O) groups is 3. The topological polar surface area (TPSA) is 110 Å². The van der Waals surface area contributed by atoms with Gasteiger partial charge in [0.05, 0.1) is 31.4 Å². The molecule has 9 nitrogen and oxygen atoms in total. The van der Waals surface area contributed by atoms with Crippen LogP contribution in [0.2, 0.25) is 0 Å². The molecule has 1 saturated heterocycles. The molecule has 0 unspecified atom stereocenters. The zero-order valence-corrected chi connectivity index (χ0v) is 18.0. The van der Waals surface area contributed by atoms with E-state index in [1.165, 1.54) is 18.4 Å². The minimum atomic E-state index is -0.423. The number of methoxy groups -OCH3 is 1. The molecule has 1 aliphatic heterocycles. The van der Waals surface area contributed by atoms with Gasteiger partial charge in [0.15, 0.2) is 11.5 Å². The summed E-state index contributed by atoms with van der Waals surface area (Å²) in [5.41, 5.74) is 4.20. The van der Waals surface area contributed by atoms with E-state index in [2.05, 4.69) is 15.6 Å². The Balaban J connectivity index is 1.43. The van der Waals surface area contributed by atoms with Crippen LogP contribution in [0.1, 0.15) is 21.6 Å². The predicted octanol–water partition coefficient (Wildman–Crippen LogP) is 3.03.